The maximum atomic E-state index is 7.45. The first-order valence-electron chi connectivity index (χ1n) is 17.5. The Balaban J connectivity index is 1.41. The normalized spacial score (nSPS) is 12.2. The van der Waals surface area contributed by atoms with Crippen molar-refractivity contribution in [1.29, 1.82) is 0 Å². The van der Waals surface area contributed by atoms with Gasteiger partial charge in [0.15, 0.2) is 0 Å². The molecule has 248 valence electrons. The van der Waals surface area contributed by atoms with Crippen LogP contribution in [0.15, 0.2) is 231 Å². The number of rotatable bonds is 10. The fraction of sp³-hybridized carbons (Fsp3) is 0. The van der Waals surface area contributed by atoms with Crippen molar-refractivity contribution in [2.24, 2.45) is 0 Å². The van der Waals surface area contributed by atoms with E-state index < -0.39 is 14.5 Å². The Hall–Kier alpha value is -5.58. The minimum atomic E-state index is -2.87. The molecule has 0 unspecified atom stereocenters. The van der Waals surface area contributed by atoms with Gasteiger partial charge in [-0.25, -0.2) is 0 Å². The average Bonchev–Trinajstić information content (AvgIpc) is 3.22. The van der Waals surface area contributed by atoms with Crippen LogP contribution in [0.2, 0.25) is 0 Å². The molecule has 8 rings (SSSR count). The number of benzene rings is 8. The van der Waals surface area contributed by atoms with Crippen molar-refractivity contribution in [1.82, 2.24) is 0 Å². The van der Waals surface area contributed by atoms with E-state index in [0.29, 0.717) is 0 Å². The first-order valence-corrected chi connectivity index (χ1v) is 21.5. The molecule has 1 nitrogen and oxygen atoms in total. The zero-order valence-electron chi connectivity index (χ0n) is 28.3. The first kappa shape index (κ1) is 32.6. The standard InChI is InChI=1S/C48H40OP2/c1-7-23-39(24-8-1)50(40-25-9-2-10-26-40,41-27-11-3-12-28-41)47-37-21-19-35-45(47)49-46-36-20-22-38-48(46)51(42-29-13-4-14-30-42,43-31-15-5-16-32-43)44-33-17-6-18-34-44/h1-38,50-51H. The van der Waals surface area contributed by atoms with Crippen molar-refractivity contribution in [2.45, 2.75) is 0 Å². The van der Waals surface area contributed by atoms with Crippen LogP contribution in [0.1, 0.15) is 0 Å². The summed E-state index contributed by atoms with van der Waals surface area (Å²) in [7, 11) is -5.73. The Kier molecular flexibility index (Phi) is 9.42. The van der Waals surface area contributed by atoms with Crippen LogP contribution >= 0.6 is 14.5 Å². The van der Waals surface area contributed by atoms with Crippen LogP contribution in [0.4, 0.5) is 0 Å². The van der Waals surface area contributed by atoms with E-state index in [9.17, 15) is 0 Å². The number of para-hydroxylation sites is 2. The molecule has 0 aliphatic rings. The van der Waals surface area contributed by atoms with E-state index in [0.717, 1.165) is 11.5 Å². The first-order chi connectivity index (χ1) is 25.3. The van der Waals surface area contributed by atoms with Crippen molar-refractivity contribution < 1.29 is 4.74 Å². The summed E-state index contributed by atoms with van der Waals surface area (Å²) in [5.41, 5.74) is 0. The third-order valence-electron chi connectivity index (χ3n) is 10.0. The average molecular weight is 695 g/mol. The van der Waals surface area contributed by atoms with Gasteiger partial charge in [0.2, 0.25) is 0 Å². The molecule has 0 radical (unpaired) electrons. The molecular formula is C48H40OP2. The fourth-order valence-corrected chi connectivity index (χ4v) is 17.6. The van der Waals surface area contributed by atoms with Crippen LogP contribution in [-0.4, -0.2) is 0 Å². The molecule has 0 bridgehead atoms. The molecule has 0 heterocycles. The number of ether oxygens (including phenoxy) is 1. The predicted octanol–water partition coefficient (Wildman–Crippen LogP) is 8.18. The topological polar surface area (TPSA) is 9.23 Å². The summed E-state index contributed by atoms with van der Waals surface area (Å²) in [4.78, 5) is 0. The Labute approximate surface area is 302 Å². The van der Waals surface area contributed by atoms with Crippen LogP contribution in [0.5, 0.6) is 11.5 Å². The van der Waals surface area contributed by atoms with Gasteiger partial charge in [-0.3, -0.25) is 0 Å². The van der Waals surface area contributed by atoms with Crippen LogP contribution in [0, 0.1) is 0 Å². The summed E-state index contributed by atoms with van der Waals surface area (Å²) < 4.78 is 7.45. The van der Waals surface area contributed by atoms with Gasteiger partial charge in [-0.05, 0) is 0 Å². The monoisotopic (exact) mass is 694 g/mol. The van der Waals surface area contributed by atoms with Crippen LogP contribution in [0.3, 0.4) is 0 Å². The predicted molar refractivity (Wildman–Crippen MR) is 225 cm³/mol. The molecule has 0 atom stereocenters. The molecular weight excluding hydrogens is 654 g/mol. The zero-order chi connectivity index (χ0) is 34.4. The van der Waals surface area contributed by atoms with Crippen molar-refractivity contribution >= 4 is 57.0 Å². The van der Waals surface area contributed by atoms with E-state index in [-0.39, 0.29) is 0 Å². The molecule has 3 heteroatoms. The third-order valence-corrected chi connectivity index (χ3v) is 19.7. The Morgan fingerprint density at radius 1 is 0.216 bits per heavy atom. The van der Waals surface area contributed by atoms with Gasteiger partial charge in [-0.1, -0.05) is 0 Å². The zero-order valence-corrected chi connectivity index (χ0v) is 30.3. The van der Waals surface area contributed by atoms with Gasteiger partial charge in [0.25, 0.3) is 0 Å². The van der Waals surface area contributed by atoms with Gasteiger partial charge in [-0.15, -0.1) is 0 Å². The second-order valence-corrected chi connectivity index (χ2v) is 20.3. The SMILES string of the molecule is c1ccc([PH](c2ccccc2)(c2ccccc2)c2ccccc2Oc2ccccc2[PH](c2ccccc2)(c2ccccc2)c2ccccc2)cc1. The van der Waals surface area contributed by atoms with E-state index in [1.165, 1.54) is 42.4 Å². The molecule has 0 saturated heterocycles. The van der Waals surface area contributed by atoms with E-state index in [4.69, 9.17) is 4.74 Å². The summed E-state index contributed by atoms with van der Waals surface area (Å²) in [5.74, 6) is 1.76. The van der Waals surface area contributed by atoms with E-state index in [1.54, 1.807) is 0 Å². The Morgan fingerprint density at radius 3 is 0.647 bits per heavy atom. The molecule has 51 heavy (non-hydrogen) atoms. The summed E-state index contributed by atoms with van der Waals surface area (Å²) in [6.07, 6.45) is 0. The van der Waals surface area contributed by atoms with Crippen molar-refractivity contribution in [2.75, 3.05) is 0 Å². The second kappa shape index (κ2) is 14.7. The number of hydrogen-bond acceptors (Lipinski definition) is 1. The van der Waals surface area contributed by atoms with E-state index in [2.05, 4.69) is 231 Å². The summed E-state index contributed by atoms with van der Waals surface area (Å²) in [6.45, 7) is 0. The summed E-state index contributed by atoms with van der Waals surface area (Å²) in [5, 5.41) is 10.3. The van der Waals surface area contributed by atoms with Gasteiger partial charge in [-0.2, -0.15) is 0 Å². The van der Waals surface area contributed by atoms with E-state index in [1.807, 2.05) is 0 Å². The van der Waals surface area contributed by atoms with Crippen LogP contribution in [-0.2, 0) is 0 Å². The molecule has 0 saturated carbocycles. The van der Waals surface area contributed by atoms with Gasteiger partial charge >= 0.3 is 304 Å². The quantitative estimate of drug-likeness (QED) is 0.131. The molecule has 0 aromatic heterocycles. The Bertz CT molecular complexity index is 1950. The van der Waals surface area contributed by atoms with E-state index >= 15 is 0 Å². The van der Waals surface area contributed by atoms with Crippen molar-refractivity contribution in [3.8, 4) is 11.5 Å². The van der Waals surface area contributed by atoms with Gasteiger partial charge in [0.1, 0.15) is 0 Å². The molecule has 0 N–H and O–H groups in total. The van der Waals surface area contributed by atoms with Crippen molar-refractivity contribution in [3.05, 3.63) is 231 Å². The van der Waals surface area contributed by atoms with Gasteiger partial charge in [0, 0.05) is 0 Å². The second-order valence-electron chi connectivity index (χ2n) is 12.8. The molecule has 0 spiro atoms. The fourth-order valence-electron chi connectivity index (χ4n) is 7.91. The maximum absolute atomic E-state index is 7.45. The third kappa shape index (κ3) is 5.90. The van der Waals surface area contributed by atoms with Gasteiger partial charge < -0.3 is 0 Å². The van der Waals surface area contributed by atoms with Crippen LogP contribution in [0.25, 0.3) is 0 Å². The van der Waals surface area contributed by atoms with Gasteiger partial charge in [0.05, 0.1) is 0 Å². The Morgan fingerprint density at radius 2 is 0.412 bits per heavy atom. The summed E-state index contributed by atoms with van der Waals surface area (Å²) >= 11 is 0. The molecule has 0 aliphatic heterocycles. The molecule has 8 aromatic rings. The number of hydrogen-bond donors (Lipinski definition) is 0. The minimum absolute atomic E-state index is 0.880. The molecule has 0 fully saturated rings. The summed E-state index contributed by atoms with van der Waals surface area (Å²) in [6, 6.07) is 83.8. The molecule has 0 aliphatic carbocycles. The van der Waals surface area contributed by atoms with Crippen LogP contribution < -0.4 is 47.2 Å². The molecule has 0 amide bonds. The molecule has 8 aromatic carbocycles. The van der Waals surface area contributed by atoms with Crippen molar-refractivity contribution in [3.63, 3.8) is 0 Å².